The van der Waals surface area contributed by atoms with Gasteiger partial charge in [-0.25, -0.2) is 18.1 Å². The summed E-state index contributed by atoms with van der Waals surface area (Å²) in [5, 5.41) is 10.5. The van der Waals surface area contributed by atoms with Crippen LogP contribution in [0.25, 0.3) is 11.4 Å². The Morgan fingerprint density at radius 3 is 2.55 bits per heavy atom. The average molecular weight is 627 g/mol. The highest BCUT2D eigenvalue weighted by atomic mass is 32.2. The van der Waals surface area contributed by atoms with Crippen molar-refractivity contribution in [1.82, 2.24) is 30.3 Å². The molecule has 0 saturated heterocycles. The van der Waals surface area contributed by atoms with E-state index in [1.807, 2.05) is 44.2 Å². The summed E-state index contributed by atoms with van der Waals surface area (Å²) in [6.07, 6.45) is 0.756. The van der Waals surface area contributed by atoms with E-state index in [1.165, 1.54) is 12.0 Å². The first-order chi connectivity index (χ1) is 20.9. The number of sulfone groups is 1. The number of hydrogen-bond acceptors (Lipinski definition) is 9. The molecule has 13 nitrogen and oxygen atoms in total. The van der Waals surface area contributed by atoms with Gasteiger partial charge in [-0.15, -0.1) is 0 Å². The molecule has 0 fully saturated rings. The zero-order valence-corrected chi connectivity index (χ0v) is 26.1. The number of rotatable bonds is 6. The number of carbonyl (C=O) groups excluding carboxylic acids is 3. The van der Waals surface area contributed by atoms with Gasteiger partial charge in [0.15, 0.2) is 23.1 Å². The number of ether oxygens (including phenoxy) is 2. The topological polar surface area (TPSA) is 162 Å². The molecule has 2 aromatic carbocycles. The molecular formula is C30H38N6O7S. The Morgan fingerprint density at radius 2 is 1.86 bits per heavy atom. The number of amides is 3. The normalized spacial score (nSPS) is 16.8. The van der Waals surface area contributed by atoms with Crippen molar-refractivity contribution >= 4 is 27.6 Å². The van der Waals surface area contributed by atoms with Gasteiger partial charge in [-0.1, -0.05) is 44.2 Å². The minimum absolute atomic E-state index is 0.0120. The second kappa shape index (κ2) is 14.3. The predicted octanol–water partition coefficient (Wildman–Crippen LogP) is 1.85. The van der Waals surface area contributed by atoms with Crippen molar-refractivity contribution in [3.63, 3.8) is 0 Å². The number of aromatic nitrogens is 3. The first-order valence-corrected chi connectivity index (χ1v) is 16.3. The van der Waals surface area contributed by atoms with Crippen molar-refractivity contribution in [2.24, 2.45) is 5.92 Å². The molecular weight excluding hydrogens is 588 g/mol. The molecule has 14 heteroatoms. The lowest BCUT2D eigenvalue weighted by Gasteiger charge is -2.26. The molecule has 2 bridgehead atoms. The smallest absolute Gasteiger partial charge is 0.251 e. The number of hydrogen-bond donors (Lipinski definition) is 2. The largest absolute Gasteiger partial charge is 0.493 e. The third kappa shape index (κ3) is 8.56. The fourth-order valence-electron chi connectivity index (χ4n) is 4.68. The van der Waals surface area contributed by atoms with E-state index in [1.54, 1.807) is 22.9 Å². The van der Waals surface area contributed by atoms with Gasteiger partial charge >= 0.3 is 0 Å². The Morgan fingerprint density at radius 1 is 1.11 bits per heavy atom. The van der Waals surface area contributed by atoms with E-state index in [0.717, 1.165) is 11.8 Å². The van der Waals surface area contributed by atoms with E-state index in [4.69, 9.17) is 19.6 Å². The molecule has 0 unspecified atom stereocenters. The Labute approximate surface area is 256 Å². The van der Waals surface area contributed by atoms with Crippen molar-refractivity contribution in [3.05, 3.63) is 59.9 Å². The van der Waals surface area contributed by atoms with Crippen LogP contribution in [0.2, 0.25) is 0 Å². The number of nitrogens with zero attached hydrogens (tertiary/aromatic N) is 4. The zero-order valence-electron chi connectivity index (χ0n) is 25.3. The molecule has 1 aliphatic rings. The highest BCUT2D eigenvalue weighted by Gasteiger charge is 2.28. The number of nitrogens with one attached hydrogen (secondary N) is 2. The quantitative estimate of drug-likeness (QED) is 0.416. The highest BCUT2D eigenvalue weighted by Crippen LogP contribution is 2.29. The Kier molecular flexibility index (Phi) is 10.6. The number of carbonyl (C=O) groups is 3. The summed E-state index contributed by atoms with van der Waals surface area (Å²) in [6.45, 7) is 3.98. The van der Waals surface area contributed by atoms with E-state index in [2.05, 4.69) is 10.6 Å². The molecule has 44 heavy (non-hydrogen) atoms. The summed E-state index contributed by atoms with van der Waals surface area (Å²) in [5.41, 5.74) is 1.11. The third-order valence-corrected chi connectivity index (χ3v) is 7.97. The summed E-state index contributed by atoms with van der Waals surface area (Å²) in [5.74, 6) is -0.0794. The van der Waals surface area contributed by atoms with Crippen LogP contribution in [0.1, 0.15) is 42.5 Å². The molecule has 1 aromatic heterocycles. The van der Waals surface area contributed by atoms with Gasteiger partial charge in [0.05, 0.1) is 32.0 Å². The van der Waals surface area contributed by atoms with Crippen LogP contribution in [-0.2, 0) is 26.0 Å². The van der Waals surface area contributed by atoms with Crippen LogP contribution in [0.4, 0.5) is 0 Å². The molecule has 0 aliphatic carbocycles. The fraction of sp³-hybridized carbons (Fsp3) is 0.433. The van der Waals surface area contributed by atoms with Crippen LogP contribution in [0.15, 0.2) is 48.5 Å². The number of fused-ring (bicyclic) bond motifs is 3. The first kappa shape index (κ1) is 32.5. The monoisotopic (exact) mass is 626 g/mol. The summed E-state index contributed by atoms with van der Waals surface area (Å²) in [4.78, 5) is 45.5. The van der Waals surface area contributed by atoms with Gasteiger partial charge in [-0.05, 0) is 24.1 Å². The second-order valence-corrected chi connectivity index (χ2v) is 13.1. The van der Waals surface area contributed by atoms with Gasteiger partial charge < -0.3 is 25.0 Å². The van der Waals surface area contributed by atoms with Gasteiger partial charge in [-0.2, -0.15) is 5.10 Å². The molecule has 1 aliphatic heterocycles. The van der Waals surface area contributed by atoms with Crippen molar-refractivity contribution in [2.45, 2.75) is 32.9 Å². The van der Waals surface area contributed by atoms with Crippen LogP contribution in [0.5, 0.6) is 11.5 Å². The van der Waals surface area contributed by atoms with Gasteiger partial charge in [-0.3, -0.25) is 14.4 Å². The van der Waals surface area contributed by atoms with Gasteiger partial charge in [0.1, 0.15) is 16.4 Å². The van der Waals surface area contributed by atoms with Crippen molar-refractivity contribution in [1.29, 1.82) is 0 Å². The molecule has 2 N–H and O–H groups in total. The summed E-state index contributed by atoms with van der Waals surface area (Å²) >= 11 is 0. The summed E-state index contributed by atoms with van der Waals surface area (Å²) < 4.78 is 36.6. The van der Waals surface area contributed by atoms with E-state index in [-0.39, 0.29) is 50.9 Å². The van der Waals surface area contributed by atoms with E-state index in [9.17, 15) is 22.8 Å². The number of benzene rings is 2. The maximum absolute atomic E-state index is 13.4. The van der Waals surface area contributed by atoms with Crippen LogP contribution < -0.4 is 20.1 Å². The van der Waals surface area contributed by atoms with E-state index in [0.29, 0.717) is 28.7 Å². The van der Waals surface area contributed by atoms with E-state index < -0.39 is 33.6 Å². The third-order valence-electron chi connectivity index (χ3n) is 7.02. The molecule has 0 saturated carbocycles. The molecule has 1 atom stereocenters. The van der Waals surface area contributed by atoms with Crippen molar-refractivity contribution in [2.75, 3.05) is 45.4 Å². The molecule has 236 valence electrons. The highest BCUT2D eigenvalue weighted by molar-refractivity contribution is 7.90. The van der Waals surface area contributed by atoms with Gasteiger partial charge in [0.25, 0.3) is 5.91 Å². The first-order valence-electron chi connectivity index (χ1n) is 14.3. The number of methoxy groups -OCH3 is 1. The average Bonchev–Trinajstić information content (AvgIpc) is 3.41. The molecule has 2 heterocycles. The zero-order chi connectivity index (χ0) is 31.9. The molecule has 4 rings (SSSR count). The van der Waals surface area contributed by atoms with Crippen LogP contribution in [-0.4, -0.2) is 91.2 Å². The predicted molar refractivity (Wildman–Crippen MR) is 163 cm³/mol. The molecule has 0 spiro atoms. The minimum Gasteiger partial charge on any atom is -0.493 e. The van der Waals surface area contributed by atoms with Crippen molar-refractivity contribution in [3.8, 4) is 22.9 Å². The summed E-state index contributed by atoms with van der Waals surface area (Å²) in [7, 11) is -1.90. The minimum atomic E-state index is -3.41. The lowest BCUT2D eigenvalue weighted by molar-refractivity contribution is -0.136. The van der Waals surface area contributed by atoms with Crippen LogP contribution in [0, 0.1) is 5.92 Å². The second-order valence-electron chi connectivity index (χ2n) is 10.8. The Balaban J connectivity index is 1.72. The van der Waals surface area contributed by atoms with Crippen molar-refractivity contribution < 1.29 is 32.3 Å². The van der Waals surface area contributed by atoms with Gasteiger partial charge in [0.2, 0.25) is 11.8 Å². The maximum atomic E-state index is 13.4. The van der Waals surface area contributed by atoms with Crippen LogP contribution in [0.3, 0.4) is 0 Å². The lowest BCUT2D eigenvalue weighted by atomic mass is 10.0. The maximum Gasteiger partial charge on any atom is 0.251 e. The standard InChI is InChI=1S/C30H38N6O7S/c1-20(2)27-29-33-28(21-8-6-5-7-9-21)34-36(29)15-16-43-24-18-22(10-11-23(24)42-3)30(39)31-13-14-35(19-25(37)32-27)26(38)12-17-44(4,40)41/h5-11,18,20,27H,12-17,19H2,1-4H3,(H,31,39)(H,32,37)/t27-/m1/s1. The summed E-state index contributed by atoms with van der Waals surface area (Å²) in [6, 6.07) is 13.7. The lowest BCUT2D eigenvalue weighted by Crippen LogP contribution is -2.46. The molecule has 0 radical (unpaired) electrons. The Hall–Kier alpha value is -4.46. The van der Waals surface area contributed by atoms with E-state index >= 15 is 0 Å². The van der Waals surface area contributed by atoms with Gasteiger partial charge in [0, 0.05) is 36.9 Å². The van der Waals surface area contributed by atoms with Crippen LogP contribution >= 0.6 is 0 Å². The Bertz CT molecular complexity index is 1590. The fourth-order valence-corrected chi connectivity index (χ4v) is 5.23. The molecule has 3 amide bonds. The molecule has 3 aromatic rings. The SMILES string of the molecule is COc1ccc2cc1OCCn1nc(-c3ccccc3)nc1[C@@H](C(C)C)NC(=O)CN(C(=O)CCS(C)(=O)=O)CCNC2=O.